The Labute approximate surface area is 123 Å². The van der Waals surface area contributed by atoms with Gasteiger partial charge in [-0.2, -0.15) is 0 Å². The number of halogens is 3. The Balaban J connectivity index is 2.45. The molecule has 1 aromatic heterocycles. The van der Waals surface area contributed by atoms with Crippen LogP contribution in [0.2, 0.25) is 0 Å². The lowest BCUT2D eigenvalue weighted by Gasteiger charge is -2.15. The second-order valence-corrected chi connectivity index (χ2v) is 5.40. The summed E-state index contributed by atoms with van der Waals surface area (Å²) in [5.74, 6) is -0.433. The Morgan fingerprint density at radius 1 is 1.20 bits per heavy atom. The maximum Gasteiger partial charge on any atom is 0.148 e. The van der Waals surface area contributed by atoms with Crippen molar-refractivity contribution >= 4 is 33.3 Å². The number of hydrogen-bond acceptors (Lipinski definition) is 4. The van der Waals surface area contributed by atoms with E-state index in [2.05, 4.69) is 31.2 Å². The van der Waals surface area contributed by atoms with E-state index in [0.29, 0.717) is 17.2 Å². The van der Waals surface area contributed by atoms with Crippen molar-refractivity contribution in [3.63, 3.8) is 0 Å². The number of nitrogens with one attached hydrogen (secondary N) is 1. The summed E-state index contributed by atoms with van der Waals surface area (Å²) in [6.07, 6.45) is 1.27. The minimum atomic E-state index is -0.592. The van der Waals surface area contributed by atoms with Gasteiger partial charge in [-0.15, -0.1) is 0 Å². The molecule has 106 valence electrons. The minimum Gasteiger partial charge on any atom is -0.383 e. The number of hydrogen-bond donors (Lipinski definition) is 2. The number of aromatic nitrogens is 2. The molecule has 0 bridgehead atoms. The number of anilines is 3. The zero-order valence-electron chi connectivity index (χ0n) is 10.9. The summed E-state index contributed by atoms with van der Waals surface area (Å²) in [6.45, 7) is 3.83. The Morgan fingerprint density at radius 3 is 2.55 bits per heavy atom. The van der Waals surface area contributed by atoms with Gasteiger partial charge in [0.05, 0.1) is 10.2 Å². The van der Waals surface area contributed by atoms with E-state index in [1.807, 2.05) is 13.8 Å². The van der Waals surface area contributed by atoms with Crippen LogP contribution in [0.1, 0.15) is 25.3 Å². The van der Waals surface area contributed by atoms with Gasteiger partial charge in [0.2, 0.25) is 0 Å². The van der Waals surface area contributed by atoms with Gasteiger partial charge >= 0.3 is 0 Å². The van der Waals surface area contributed by atoms with Crippen LogP contribution < -0.4 is 11.1 Å². The van der Waals surface area contributed by atoms with Crippen LogP contribution in [0.25, 0.3) is 0 Å². The van der Waals surface area contributed by atoms with Gasteiger partial charge < -0.3 is 11.1 Å². The van der Waals surface area contributed by atoms with Gasteiger partial charge in [-0.1, -0.05) is 13.8 Å². The van der Waals surface area contributed by atoms with Gasteiger partial charge in [-0.25, -0.2) is 18.7 Å². The maximum absolute atomic E-state index is 13.8. The van der Waals surface area contributed by atoms with Crippen molar-refractivity contribution in [2.75, 3.05) is 11.1 Å². The van der Waals surface area contributed by atoms with Gasteiger partial charge in [-0.3, -0.25) is 0 Å². The molecular weight excluding hydrogens is 330 g/mol. The molecule has 0 atom stereocenters. The van der Waals surface area contributed by atoms with E-state index in [1.165, 1.54) is 6.33 Å². The van der Waals surface area contributed by atoms with Gasteiger partial charge in [0.1, 0.15) is 29.6 Å². The highest BCUT2D eigenvalue weighted by molar-refractivity contribution is 9.10. The monoisotopic (exact) mass is 342 g/mol. The van der Waals surface area contributed by atoms with Gasteiger partial charge in [0.25, 0.3) is 0 Å². The van der Waals surface area contributed by atoms with Gasteiger partial charge in [-0.05, 0) is 27.9 Å². The maximum atomic E-state index is 13.8. The highest BCUT2D eigenvalue weighted by Gasteiger charge is 2.15. The molecule has 0 aliphatic carbocycles. The molecule has 20 heavy (non-hydrogen) atoms. The van der Waals surface area contributed by atoms with Crippen LogP contribution in [0.15, 0.2) is 22.9 Å². The van der Waals surface area contributed by atoms with Crippen molar-refractivity contribution in [3.05, 3.63) is 40.1 Å². The first kappa shape index (κ1) is 14.6. The number of benzene rings is 1. The third-order valence-corrected chi connectivity index (χ3v) is 3.36. The lowest BCUT2D eigenvalue weighted by Crippen LogP contribution is -2.07. The molecule has 1 heterocycles. The Hall–Kier alpha value is -1.76. The molecule has 2 rings (SSSR count). The van der Waals surface area contributed by atoms with Crippen LogP contribution in [0.5, 0.6) is 0 Å². The molecule has 1 aromatic carbocycles. The Kier molecular flexibility index (Phi) is 4.17. The molecule has 0 unspecified atom stereocenters. The molecule has 2 aromatic rings. The highest BCUT2D eigenvalue weighted by Crippen LogP contribution is 2.31. The van der Waals surface area contributed by atoms with E-state index in [9.17, 15) is 8.78 Å². The van der Waals surface area contributed by atoms with Crippen molar-refractivity contribution in [2.24, 2.45) is 0 Å². The fraction of sp³-hybridized carbons (Fsp3) is 0.231. The van der Waals surface area contributed by atoms with Crippen LogP contribution in [-0.2, 0) is 0 Å². The Morgan fingerprint density at radius 2 is 1.90 bits per heavy atom. The van der Waals surface area contributed by atoms with Crippen molar-refractivity contribution in [1.29, 1.82) is 0 Å². The van der Waals surface area contributed by atoms with Crippen LogP contribution in [0.4, 0.5) is 26.1 Å². The lowest BCUT2D eigenvalue weighted by molar-refractivity contribution is 0.597. The van der Waals surface area contributed by atoms with E-state index >= 15 is 0 Å². The van der Waals surface area contributed by atoms with Crippen LogP contribution >= 0.6 is 15.9 Å². The van der Waals surface area contributed by atoms with Crippen LogP contribution in [-0.4, -0.2) is 9.97 Å². The molecule has 0 radical (unpaired) electrons. The predicted octanol–water partition coefficient (Wildman–Crippen LogP) is 3.97. The molecule has 3 N–H and O–H groups in total. The Bertz CT molecular complexity index is 647. The second-order valence-electron chi connectivity index (χ2n) is 4.55. The standard InChI is InChI=1S/C13H13BrF2N4/c1-6(2)11-12(17)18-5-19-13(11)20-10-4-8(15)7(14)3-9(10)16/h3-6H,1-2H3,(H3,17,18,19,20). The second kappa shape index (κ2) is 5.70. The molecule has 0 amide bonds. The zero-order valence-corrected chi connectivity index (χ0v) is 12.5. The van der Waals surface area contributed by atoms with E-state index in [-0.39, 0.29) is 16.1 Å². The van der Waals surface area contributed by atoms with Crippen molar-refractivity contribution < 1.29 is 8.78 Å². The average Bonchev–Trinajstić information content (AvgIpc) is 2.35. The number of rotatable bonds is 3. The summed E-state index contributed by atoms with van der Waals surface area (Å²) in [4.78, 5) is 7.95. The SMILES string of the molecule is CC(C)c1c(N)ncnc1Nc1cc(F)c(Br)cc1F. The lowest BCUT2D eigenvalue weighted by atomic mass is 10.0. The van der Waals surface area contributed by atoms with Crippen LogP contribution in [0, 0.1) is 11.6 Å². The highest BCUT2D eigenvalue weighted by atomic mass is 79.9. The number of nitrogens with zero attached hydrogens (tertiary/aromatic N) is 2. The predicted molar refractivity (Wildman–Crippen MR) is 77.9 cm³/mol. The third kappa shape index (κ3) is 2.87. The van der Waals surface area contributed by atoms with E-state index < -0.39 is 11.6 Å². The quantitative estimate of drug-likeness (QED) is 0.828. The largest absolute Gasteiger partial charge is 0.383 e. The molecule has 0 aliphatic rings. The normalized spacial score (nSPS) is 10.9. The topological polar surface area (TPSA) is 63.8 Å². The molecule has 0 fully saturated rings. The smallest absolute Gasteiger partial charge is 0.148 e. The summed E-state index contributed by atoms with van der Waals surface area (Å²) < 4.78 is 27.4. The molecule has 4 nitrogen and oxygen atoms in total. The van der Waals surface area contributed by atoms with Gasteiger partial charge in [0, 0.05) is 11.6 Å². The first-order chi connectivity index (χ1) is 9.40. The zero-order chi connectivity index (χ0) is 14.9. The van der Waals surface area contributed by atoms with Crippen LogP contribution in [0.3, 0.4) is 0 Å². The fourth-order valence-corrected chi connectivity index (χ4v) is 2.14. The molecular formula is C13H13BrF2N4. The molecule has 7 heteroatoms. The fourth-order valence-electron chi connectivity index (χ4n) is 1.82. The molecule has 0 spiro atoms. The number of nitrogen functional groups attached to an aromatic ring is 1. The average molecular weight is 343 g/mol. The first-order valence-electron chi connectivity index (χ1n) is 5.92. The summed E-state index contributed by atoms with van der Waals surface area (Å²) in [5, 5.41) is 2.76. The third-order valence-electron chi connectivity index (χ3n) is 2.76. The van der Waals surface area contributed by atoms with E-state index in [1.54, 1.807) is 0 Å². The van der Waals surface area contributed by atoms with Gasteiger partial charge in [0.15, 0.2) is 0 Å². The summed E-state index contributed by atoms with van der Waals surface area (Å²) in [7, 11) is 0. The summed E-state index contributed by atoms with van der Waals surface area (Å²) in [6, 6.07) is 2.11. The van der Waals surface area contributed by atoms with E-state index in [4.69, 9.17) is 5.73 Å². The van der Waals surface area contributed by atoms with Crippen molar-refractivity contribution in [2.45, 2.75) is 19.8 Å². The minimum absolute atomic E-state index is 0.00861. The summed E-state index contributed by atoms with van der Waals surface area (Å²) >= 11 is 2.93. The molecule has 0 saturated heterocycles. The number of nitrogens with two attached hydrogens (primary N) is 1. The van der Waals surface area contributed by atoms with Crippen molar-refractivity contribution in [3.8, 4) is 0 Å². The molecule has 0 saturated carbocycles. The first-order valence-corrected chi connectivity index (χ1v) is 6.71. The molecule has 0 aliphatic heterocycles. The summed E-state index contributed by atoms with van der Waals surface area (Å²) in [5.41, 5.74) is 6.46. The van der Waals surface area contributed by atoms with Crippen molar-refractivity contribution in [1.82, 2.24) is 9.97 Å². The van der Waals surface area contributed by atoms with E-state index in [0.717, 1.165) is 12.1 Å².